The first kappa shape index (κ1) is 26.4. The molecule has 4 rings (SSSR count). The highest BCUT2D eigenvalue weighted by Crippen LogP contribution is 2.37. The van der Waals surface area contributed by atoms with Crippen LogP contribution in [0.25, 0.3) is 10.8 Å². The average molecular weight is 500 g/mol. The van der Waals surface area contributed by atoms with Crippen molar-refractivity contribution in [1.29, 1.82) is 0 Å². The van der Waals surface area contributed by atoms with E-state index in [-0.39, 0.29) is 24.1 Å². The number of aryl methyl sites for hydroxylation is 1. The van der Waals surface area contributed by atoms with Crippen LogP contribution in [-0.2, 0) is 16.1 Å². The zero-order chi connectivity index (χ0) is 26.7. The van der Waals surface area contributed by atoms with Crippen LogP contribution in [0.4, 0.5) is 5.69 Å². The van der Waals surface area contributed by atoms with E-state index in [0.717, 1.165) is 27.6 Å². The van der Waals surface area contributed by atoms with Gasteiger partial charge in [0.15, 0.2) is 0 Å². The summed E-state index contributed by atoms with van der Waals surface area (Å²) in [5.74, 6) is -0.252. The van der Waals surface area contributed by atoms with Gasteiger partial charge in [-0.25, -0.2) is 0 Å². The Hall–Kier alpha value is -3.67. The molecule has 1 aliphatic heterocycles. The van der Waals surface area contributed by atoms with Crippen molar-refractivity contribution in [2.24, 2.45) is 0 Å². The molecule has 0 aromatic heterocycles. The van der Waals surface area contributed by atoms with Crippen LogP contribution in [0.1, 0.15) is 68.4 Å². The fourth-order valence-corrected chi connectivity index (χ4v) is 5.00. The van der Waals surface area contributed by atoms with Gasteiger partial charge in [-0.3, -0.25) is 14.4 Å². The topological polar surface area (TPSA) is 69.7 Å². The van der Waals surface area contributed by atoms with E-state index in [1.54, 1.807) is 9.80 Å². The first-order valence-corrected chi connectivity index (χ1v) is 13.1. The standard InChI is InChI=1S/C31H37N3O3/c1-6-25(29(36)32-31(3,4)5)34(20-22-17-15-21(2)16-18-22)27(35)14-9-19-33-26-13-8-11-23-10-7-12-24(28(23)26)30(33)37/h7-8,10-13,15-18,25H,6,9,14,19-20H2,1-5H3,(H,32,36)/t25-/m0/s1. The zero-order valence-corrected chi connectivity index (χ0v) is 22.5. The van der Waals surface area contributed by atoms with Crippen molar-refractivity contribution in [3.05, 3.63) is 77.4 Å². The predicted molar refractivity (Wildman–Crippen MR) is 149 cm³/mol. The van der Waals surface area contributed by atoms with Gasteiger partial charge in [-0.15, -0.1) is 0 Å². The lowest BCUT2D eigenvalue weighted by Crippen LogP contribution is -2.53. The Balaban J connectivity index is 1.49. The zero-order valence-electron chi connectivity index (χ0n) is 22.5. The van der Waals surface area contributed by atoms with E-state index < -0.39 is 11.6 Å². The quantitative estimate of drug-likeness (QED) is 0.416. The van der Waals surface area contributed by atoms with Gasteiger partial charge in [0, 0.05) is 36.0 Å². The molecule has 6 nitrogen and oxygen atoms in total. The van der Waals surface area contributed by atoms with Crippen LogP contribution in [0, 0.1) is 6.92 Å². The molecule has 0 unspecified atom stereocenters. The van der Waals surface area contributed by atoms with Gasteiger partial charge >= 0.3 is 0 Å². The molecule has 37 heavy (non-hydrogen) atoms. The number of amides is 3. The molecule has 0 fully saturated rings. The van der Waals surface area contributed by atoms with Crippen molar-refractivity contribution in [3.8, 4) is 0 Å². The molecule has 0 saturated carbocycles. The second-order valence-electron chi connectivity index (χ2n) is 10.9. The van der Waals surface area contributed by atoms with Crippen molar-refractivity contribution in [1.82, 2.24) is 10.2 Å². The molecule has 6 heteroatoms. The van der Waals surface area contributed by atoms with Crippen molar-refractivity contribution < 1.29 is 14.4 Å². The highest BCUT2D eigenvalue weighted by atomic mass is 16.2. The molecule has 1 atom stereocenters. The maximum absolute atomic E-state index is 13.6. The number of nitrogens with one attached hydrogen (secondary N) is 1. The third-order valence-electron chi connectivity index (χ3n) is 6.78. The van der Waals surface area contributed by atoms with E-state index in [1.807, 2.05) is 95.3 Å². The summed E-state index contributed by atoms with van der Waals surface area (Å²) in [4.78, 5) is 43.4. The summed E-state index contributed by atoms with van der Waals surface area (Å²) in [7, 11) is 0. The van der Waals surface area contributed by atoms with Gasteiger partial charge < -0.3 is 15.1 Å². The Morgan fingerprint density at radius 3 is 2.32 bits per heavy atom. The lowest BCUT2D eigenvalue weighted by atomic mass is 10.0. The minimum atomic E-state index is -0.570. The Labute approximate surface area is 219 Å². The van der Waals surface area contributed by atoms with Gasteiger partial charge in [0.1, 0.15) is 6.04 Å². The van der Waals surface area contributed by atoms with Crippen LogP contribution < -0.4 is 10.2 Å². The van der Waals surface area contributed by atoms with Crippen LogP contribution in [0.3, 0.4) is 0 Å². The smallest absolute Gasteiger partial charge is 0.258 e. The number of hydrogen-bond acceptors (Lipinski definition) is 3. The van der Waals surface area contributed by atoms with Crippen molar-refractivity contribution in [2.75, 3.05) is 11.4 Å². The third kappa shape index (κ3) is 5.85. The maximum Gasteiger partial charge on any atom is 0.258 e. The number of rotatable bonds is 9. The second kappa shape index (κ2) is 10.8. The fourth-order valence-electron chi connectivity index (χ4n) is 5.00. The fraction of sp³-hybridized carbons (Fsp3) is 0.387. The number of carbonyl (C=O) groups is 3. The Kier molecular flexibility index (Phi) is 7.67. The summed E-state index contributed by atoms with van der Waals surface area (Å²) < 4.78 is 0. The van der Waals surface area contributed by atoms with Crippen LogP contribution in [-0.4, -0.2) is 40.7 Å². The van der Waals surface area contributed by atoms with Crippen LogP contribution in [0.5, 0.6) is 0 Å². The number of anilines is 1. The molecular weight excluding hydrogens is 462 g/mol. The molecule has 194 valence electrons. The van der Waals surface area contributed by atoms with E-state index in [9.17, 15) is 14.4 Å². The van der Waals surface area contributed by atoms with Gasteiger partial charge in [0.2, 0.25) is 11.8 Å². The lowest BCUT2D eigenvalue weighted by molar-refractivity contribution is -0.142. The summed E-state index contributed by atoms with van der Waals surface area (Å²) in [5, 5.41) is 5.06. The summed E-state index contributed by atoms with van der Waals surface area (Å²) in [6.07, 6.45) is 1.28. The summed E-state index contributed by atoms with van der Waals surface area (Å²) >= 11 is 0. The van der Waals surface area contributed by atoms with Gasteiger partial charge in [-0.2, -0.15) is 0 Å². The molecule has 3 aromatic rings. The molecule has 0 aliphatic carbocycles. The van der Waals surface area contributed by atoms with Crippen LogP contribution in [0.2, 0.25) is 0 Å². The predicted octanol–water partition coefficient (Wildman–Crippen LogP) is 5.61. The first-order valence-electron chi connectivity index (χ1n) is 13.1. The van der Waals surface area contributed by atoms with Crippen LogP contribution >= 0.6 is 0 Å². The molecule has 0 radical (unpaired) electrons. The summed E-state index contributed by atoms with van der Waals surface area (Å²) in [6, 6.07) is 19.2. The Morgan fingerprint density at radius 2 is 1.68 bits per heavy atom. The molecule has 1 N–H and O–H groups in total. The highest BCUT2D eigenvalue weighted by Gasteiger charge is 2.32. The SMILES string of the molecule is CC[C@@H](C(=O)NC(C)(C)C)N(Cc1ccc(C)cc1)C(=O)CCCN1C(=O)c2cccc3cccc1c23. The van der Waals surface area contributed by atoms with Crippen molar-refractivity contribution in [3.63, 3.8) is 0 Å². The molecule has 0 spiro atoms. The minimum Gasteiger partial charge on any atom is -0.350 e. The normalized spacial score (nSPS) is 13.6. The molecule has 1 heterocycles. The van der Waals surface area contributed by atoms with Gasteiger partial charge in [0.25, 0.3) is 5.91 Å². The molecule has 3 amide bonds. The van der Waals surface area contributed by atoms with E-state index in [4.69, 9.17) is 0 Å². The number of hydrogen-bond donors (Lipinski definition) is 1. The number of carbonyl (C=O) groups excluding carboxylic acids is 3. The number of benzene rings is 3. The lowest BCUT2D eigenvalue weighted by Gasteiger charge is -2.33. The van der Waals surface area contributed by atoms with Crippen LogP contribution in [0.15, 0.2) is 60.7 Å². The van der Waals surface area contributed by atoms with Gasteiger partial charge in [-0.05, 0) is 63.6 Å². The molecule has 0 bridgehead atoms. The average Bonchev–Trinajstić information content (AvgIpc) is 3.12. The minimum absolute atomic E-state index is 0.0215. The van der Waals surface area contributed by atoms with E-state index in [2.05, 4.69) is 5.32 Å². The van der Waals surface area contributed by atoms with Crippen molar-refractivity contribution in [2.45, 2.75) is 72.0 Å². The first-order chi connectivity index (χ1) is 17.6. The summed E-state index contributed by atoms with van der Waals surface area (Å²) in [5.41, 5.74) is 3.35. The number of nitrogens with zero attached hydrogens (tertiary/aromatic N) is 2. The van der Waals surface area contributed by atoms with E-state index >= 15 is 0 Å². The summed E-state index contributed by atoms with van der Waals surface area (Å²) in [6.45, 7) is 10.6. The maximum atomic E-state index is 13.6. The highest BCUT2D eigenvalue weighted by molar-refractivity contribution is 6.25. The Bertz CT molecular complexity index is 1300. The van der Waals surface area contributed by atoms with E-state index in [1.165, 1.54) is 0 Å². The third-order valence-corrected chi connectivity index (χ3v) is 6.78. The molecule has 1 aliphatic rings. The van der Waals surface area contributed by atoms with Gasteiger partial charge in [0.05, 0.1) is 5.69 Å². The second-order valence-corrected chi connectivity index (χ2v) is 10.9. The molecule has 3 aromatic carbocycles. The van der Waals surface area contributed by atoms with Gasteiger partial charge in [-0.1, -0.05) is 61.0 Å². The monoisotopic (exact) mass is 499 g/mol. The van der Waals surface area contributed by atoms with E-state index in [0.29, 0.717) is 31.5 Å². The molecule has 0 saturated heterocycles. The Morgan fingerprint density at radius 1 is 1.00 bits per heavy atom. The molecular formula is C31H37N3O3. The van der Waals surface area contributed by atoms with Crippen molar-refractivity contribution >= 4 is 34.2 Å². The largest absolute Gasteiger partial charge is 0.350 e.